The second-order valence-electron chi connectivity index (χ2n) is 5.57. The third-order valence-electron chi connectivity index (χ3n) is 4.10. The van der Waals surface area contributed by atoms with Crippen LogP contribution in [0.5, 0.6) is 5.75 Å². The molecule has 1 aromatic rings. The number of rotatable bonds is 4. The summed E-state index contributed by atoms with van der Waals surface area (Å²) in [6, 6.07) is 5.75. The largest absolute Gasteiger partial charge is 0.490 e. The summed E-state index contributed by atoms with van der Waals surface area (Å²) in [5.41, 5.74) is 7.39. The molecule has 104 valence electrons. The quantitative estimate of drug-likeness (QED) is 0.641. The molecule has 0 aliphatic heterocycles. The molecule has 1 aromatic carbocycles. The Morgan fingerprint density at radius 3 is 2.89 bits per heavy atom. The van der Waals surface area contributed by atoms with Gasteiger partial charge in [-0.15, -0.1) is 0 Å². The number of ether oxygens (including phenoxy) is 1. The van der Waals surface area contributed by atoms with Gasteiger partial charge >= 0.3 is 0 Å². The Labute approximate surface area is 115 Å². The van der Waals surface area contributed by atoms with Gasteiger partial charge in [0.15, 0.2) is 0 Å². The highest BCUT2D eigenvalue weighted by molar-refractivity contribution is 5.95. The molecule has 0 heterocycles. The molecule has 0 radical (unpaired) electrons. The molecule has 3 heteroatoms. The number of benzene rings is 1. The molecule has 2 atom stereocenters. The Balaban J connectivity index is 2.09. The smallest absolute Gasteiger partial charge is 0.123 e. The van der Waals surface area contributed by atoms with Gasteiger partial charge < -0.3 is 10.5 Å². The van der Waals surface area contributed by atoms with Crippen molar-refractivity contribution in [1.82, 2.24) is 0 Å². The van der Waals surface area contributed by atoms with Crippen LogP contribution in [-0.2, 0) is 0 Å². The van der Waals surface area contributed by atoms with Crippen molar-refractivity contribution in [2.45, 2.75) is 52.1 Å². The third kappa shape index (κ3) is 3.49. The lowest BCUT2D eigenvalue weighted by Gasteiger charge is -2.29. The molecule has 2 rings (SSSR count). The highest BCUT2D eigenvalue weighted by Gasteiger charge is 2.22. The number of nitrogen functional groups attached to an aromatic ring is 1. The first-order valence-electron chi connectivity index (χ1n) is 7.21. The zero-order chi connectivity index (χ0) is 13.8. The molecule has 0 spiro atoms. The molecule has 1 fully saturated rings. The number of amidine groups is 1. The molecule has 1 aliphatic carbocycles. The highest BCUT2D eigenvalue weighted by atomic mass is 16.5. The molecule has 0 saturated heterocycles. The first kappa shape index (κ1) is 13.9. The van der Waals surface area contributed by atoms with E-state index in [2.05, 4.69) is 6.92 Å². The number of hydrogen-bond donors (Lipinski definition) is 2. The summed E-state index contributed by atoms with van der Waals surface area (Å²) in [6.45, 7) is 4.30. The van der Waals surface area contributed by atoms with E-state index in [1.165, 1.54) is 19.3 Å². The summed E-state index contributed by atoms with van der Waals surface area (Å²) in [6.07, 6.45) is 6.45. The van der Waals surface area contributed by atoms with E-state index in [9.17, 15) is 0 Å². The van der Waals surface area contributed by atoms with Crippen LogP contribution >= 0.6 is 0 Å². The number of hydrogen-bond acceptors (Lipinski definition) is 2. The molecule has 1 saturated carbocycles. The van der Waals surface area contributed by atoms with Crippen molar-refractivity contribution in [2.24, 2.45) is 11.7 Å². The lowest BCUT2D eigenvalue weighted by atomic mass is 9.85. The first-order valence-corrected chi connectivity index (χ1v) is 7.21. The number of aryl methyl sites for hydroxylation is 1. The van der Waals surface area contributed by atoms with Crippen LogP contribution in [0.25, 0.3) is 0 Å². The van der Waals surface area contributed by atoms with Gasteiger partial charge in [-0.2, -0.15) is 0 Å². The van der Waals surface area contributed by atoms with Crippen molar-refractivity contribution in [3.63, 3.8) is 0 Å². The Bertz CT molecular complexity index is 456. The van der Waals surface area contributed by atoms with Gasteiger partial charge in [0.05, 0.1) is 6.10 Å². The second-order valence-corrected chi connectivity index (χ2v) is 5.57. The van der Waals surface area contributed by atoms with Crippen molar-refractivity contribution in [1.29, 1.82) is 5.41 Å². The van der Waals surface area contributed by atoms with Crippen LogP contribution in [0.1, 0.15) is 50.2 Å². The summed E-state index contributed by atoms with van der Waals surface area (Å²) in [7, 11) is 0. The zero-order valence-corrected chi connectivity index (χ0v) is 11.9. The van der Waals surface area contributed by atoms with E-state index in [-0.39, 0.29) is 5.84 Å². The van der Waals surface area contributed by atoms with Gasteiger partial charge in [-0.05, 0) is 43.7 Å². The predicted molar refractivity (Wildman–Crippen MR) is 78.9 cm³/mol. The number of nitrogens with two attached hydrogens (primary N) is 1. The van der Waals surface area contributed by atoms with Crippen LogP contribution in [0.4, 0.5) is 0 Å². The zero-order valence-electron chi connectivity index (χ0n) is 11.9. The Hall–Kier alpha value is -1.51. The van der Waals surface area contributed by atoms with Gasteiger partial charge in [0.1, 0.15) is 11.6 Å². The van der Waals surface area contributed by atoms with Crippen LogP contribution in [0.15, 0.2) is 18.2 Å². The van der Waals surface area contributed by atoms with Crippen LogP contribution in [-0.4, -0.2) is 11.9 Å². The van der Waals surface area contributed by atoms with Crippen molar-refractivity contribution in [2.75, 3.05) is 0 Å². The Kier molecular flexibility index (Phi) is 4.46. The maximum absolute atomic E-state index is 7.51. The molecule has 19 heavy (non-hydrogen) atoms. The third-order valence-corrected chi connectivity index (χ3v) is 4.10. The van der Waals surface area contributed by atoms with E-state index in [1.54, 1.807) is 0 Å². The molecule has 0 amide bonds. The standard InChI is InChI=1S/C16H24N2O/c1-3-12-5-4-6-14(9-12)19-15-10-13(16(17)18)8-7-11(15)2/h7-8,10,12,14H,3-6,9H2,1-2H3,(H3,17,18). The minimum Gasteiger partial charge on any atom is -0.490 e. The molecular formula is C16H24N2O. The fourth-order valence-electron chi connectivity index (χ4n) is 2.79. The normalized spacial score (nSPS) is 23.1. The molecule has 1 aliphatic rings. The van der Waals surface area contributed by atoms with Crippen LogP contribution < -0.4 is 10.5 Å². The average Bonchev–Trinajstić information content (AvgIpc) is 2.41. The van der Waals surface area contributed by atoms with Crippen LogP contribution in [0.3, 0.4) is 0 Å². The van der Waals surface area contributed by atoms with Gasteiger partial charge in [-0.1, -0.05) is 31.9 Å². The van der Waals surface area contributed by atoms with Gasteiger partial charge in [0, 0.05) is 5.56 Å². The predicted octanol–water partition coefficient (Wildman–Crippen LogP) is 3.63. The lowest BCUT2D eigenvalue weighted by molar-refractivity contribution is 0.121. The first-order chi connectivity index (χ1) is 9.10. The van der Waals surface area contributed by atoms with Gasteiger partial charge in [0.2, 0.25) is 0 Å². The van der Waals surface area contributed by atoms with Gasteiger partial charge in [-0.3, -0.25) is 5.41 Å². The van der Waals surface area contributed by atoms with Gasteiger partial charge in [0.25, 0.3) is 0 Å². The molecule has 3 N–H and O–H groups in total. The molecule has 3 nitrogen and oxygen atoms in total. The fraction of sp³-hybridized carbons (Fsp3) is 0.562. The fourth-order valence-corrected chi connectivity index (χ4v) is 2.79. The minimum atomic E-state index is 0.0972. The van der Waals surface area contributed by atoms with Crippen molar-refractivity contribution in [3.05, 3.63) is 29.3 Å². The molecule has 0 aromatic heterocycles. The Morgan fingerprint density at radius 1 is 1.42 bits per heavy atom. The monoisotopic (exact) mass is 260 g/mol. The average molecular weight is 260 g/mol. The molecule has 0 bridgehead atoms. The van der Waals surface area contributed by atoms with E-state index in [0.717, 1.165) is 35.6 Å². The lowest BCUT2D eigenvalue weighted by Crippen LogP contribution is -2.25. The summed E-state index contributed by atoms with van der Waals surface area (Å²) in [4.78, 5) is 0. The maximum Gasteiger partial charge on any atom is 0.123 e. The summed E-state index contributed by atoms with van der Waals surface area (Å²) < 4.78 is 6.16. The maximum atomic E-state index is 7.51. The van der Waals surface area contributed by atoms with E-state index in [1.807, 2.05) is 25.1 Å². The van der Waals surface area contributed by atoms with Gasteiger partial charge in [-0.25, -0.2) is 0 Å². The molecular weight excluding hydrogens is 236 g/mol. The van der Waals surface area contributed by atoms with Crippen molar-refractivity contribution in [3.8, 4) is 5.75 Å². The minimum absolute atomic E-state index is 0.0972. The summed E-state index contributed by atoms with van der Waals surface area (Å²) in [5, 5.41) is 7.51. The topological polar surface area (TPSA) is 59.1 Å². The summed E-state index contributed by atoms with van der Waals surface area (Å²) >= 11 is 0. The second kappa shape index (κ2) is 6.09. The van der Waals surface area contributed by atoms with E-state index in [4.69, 9.17) is 15.9 Å². The van der Waals surface area contributed by atoms with Crippen molar-refractivity contribution < 1.29 is 4.74 Å². The van der Waals surface area contributed by atoms with E-state index >= 15 is 0 Å². The van der Waals surface area contributed by atoms with Crippen LogP contribution in [0, 0.1) is 18.3 Å². The molecule has 2 unspecified atom stereocenters. The SMILES string of the molecule is CCC1CCCC(Oc2cc(C(=N)N)ccc2C)C1. The van der Waals surface area contributed by atoms with E-state index in [0.29, 0.717) is 6.10 Å². The number of nitrogens with one attached hydrogen (secondary N) is 1. The summed E-state index contributed by atoms with van der Waals surface area (Å²) in [5.74, 6) is 1.78. The van der Waals surface area contributed by atoms with E-state index < -0.39 is 0 Å². The van der Waals surface area contributed by atoms with Crippen molar-refractivity contribution >= 4 is 5.84 Å². The highest BCUT2D eigenvalue weighted by Crippen LogP contribution is 2.31. The van der Waals surface area contributed by atoms with Crippen LogP contribution in [0.2, 0.25) is 0 Å². The Morgan fingerprint density at radius 2 is 2.21 bits per heavy atom.